The molecule has 0 aromatic rings. The minimum absolute atomic E-state index is 0.254. The Morgan fingerprint density at radius 2 is 2.13 bits per heavy atom. The molecule has 0 radical (unpaired) electrons. The number of nitrogens with zero attached hydrogens (tertiary/aromatic N) is 1. The van der Waals surface area contributed by atoms with Crippen molar-refractivity contribution in [3.8, 4) is 0 Å². The summed E-state index contributed by atoms with van der Waals surface area (Å²) < 4.78 is 0. The van der Waals surface area contributed by atoms with Crippen molar-refractivity contribution in [3.05, 3.63) is 0 Å². The first kappa shape index (κ1) is 13.3. The summed E-state index contributed by atoms with van der Waals surface area (Å²) >= 11 is 2.11. The van der Waals surface area contributed by atoms with Crippen LogP contribution in [-0.4, -0.2) is 48.6 Å². The fourth-order valence-electron chi connectivity index (χ4n) is 1.88. The zero-order valence-electron chi connectivity index (χ0n) is 10.7. The molecule has 0 bridgehead atoms. The molecule has 3 heteroatoms. The molecular formula is C12H26N2S. The molecule has 1 fully saturated rings. The van der Waals surface area contributed by atoms with Crippen molar-refractivity contribution in [2.24, 2.45) is 5.92 Å². The Labute approximate surface area is 99.2 Å². The van der Waals surface area contributed by atoms with E-state index in [-0.39, 0.29) is 5.54 Å². The van der Waals surface area contributed by atoms with E-state index in [0.29, 0.717) is 0 Å². The van der Waals surface area contributed by atoms with Crippen LogP contribution >= 0.6 is 11.8 Å². The predicted octanol–water partition coefficient (Wildman–Crippen LogP) is 2.06. The van der Waals surface area contributed by atoms with Crippen LogP contribution in [0.25, 0.3) is 0 Å². The van der Waals surface area contributed by atoms with Crippen molar-refractivity contribution in [1.82, 2.24) is 10.2 Å². The van der Waals surface area contributed by atoms with Crippen LogP contribution in [0.3, 0.4) is 0 Å². The molecule has 0 spiro atoms. The van der Waals surface area contributed by atoms with Crippen LogP contribution in [0.5, 0.6) is 0 Å². The third-order valence-corrected chi connectivity index (χ3v) is 3.97. The van der Waals surface area contributed by atoms with Crippen molar-refractivity contribution >= 4 is 11.8 Å². The van der Waals surface area contributed by atoms with E-state index in [1.54, 1.807) is 0 Å². The van der Waals surface area contributed by atoms with Gasteiger partial charge >= 0.3 is 0 Å². The first-order valence-electron chi connectivity index (χ1n) is 5.99. The number of hydrogen-bond acceptors (Lipinski definition) is 3. The lowest BCUT2D eigenvalue weighted by Crippen LogP contribution is -2.41. The summed E-state index contributed by atoms with van der Waals surface area (Å²) in [7, 11) is 2.24. The van der Waals surface area contributed by atoms with Gasteiger partial charge in [0.15, 0.2) is 0 Å². The Morgan fingerprint density at radius 1 is 1.40 bits per heavy atom. The standard InChI is InChI=1S/C12H26N2S/c1-12(2,3)13-6-7-14(4)9-11-5-8-15-10-11/h11,13H,5-10H2,1-4H3. The van der Waals surface area contributed by atoms with Gasteiger partial charge in [0.2, 0.25) is 0 Å². The average molecular weight is 230 g/mol. The lowest BCUT2D eigenvalue weighted by molar-refractivity contribution is 0.275. The van der Waals surface area contributed by atoms with Crippen molar-refractivity contribution in [2.75, 3.05) is 38.2 Å². The minimum atomic E-state index is 0.254. The third-order valence-electron chi connectivity index (χ3n) is 2.74. The van der Waals surface area contributed by atoms with Gasteiger partial charge in [-0.05, 0) is 51.7 Å². The van der Waals surface area contributed by atoms with Crippen LogP contribution in [0.1, 0.15) is 27.2 Å². The monoisotopic (exact) mass is 230 g/mol. The van der Waals surface area contributed by atoms with E-state index in [0.717, 1.165) is 12.5 Å². The average Bonchev–Trinajstić information content (AvgIpc) is 2.54. The van der Waals surface area contributed by atoms with Crippen molar-refractivity contribution in [2.45, 2.75) is 32.7 Å². The number of rotatable bonds is 5. The summed E-state index contributed by atoms with van der Waals surface area (Å²) in [5.74, 6) is 3.69. The first-order chi connectivity index (χ1) is 6.97. The van der Waals surface area contributed by atoms with Gasteiger partial charge in [0.05, 0.1) is 0 Å². The molecule has 0 aromatic carbocycles. The molecule has 1 N–H and O–H groups in total. The summed E-state index contributed by atoms with van der Waals surface area (Å²) in [5.41, 5.74) is 0.254. The summed E-state index contributed by atoms with van der Waals surface area (Å²) in [5, 5.41) is 3.53. The fraction of sp³-hybridized carbons (Fsp3) is 1.00. The molecule has 1 heterocycles. The quantitative estimate of drug-likeness (QED) is 0.778. The van der Waals surface area contributed by atoms with E-state index < -0.39 is 0 Å². The molecule has 1 aliphatic heterocycles. The zero-order chi connectivity index (χ0) is 11.3. The second kappa shape index (κ2) is 6.12. The predicted molar refractivity (Wildman–Crippen MR) is 70.7 cm³/mol. The molecule has 90 valence electrons. The minimum Gasteiger partial charge on any atom is -0.311 e. The Kier molecular flexibility index (Phi) is 5.44. The van der Waals surface area contributed by atoms with Crippen molar-refractivity contribution in [1.29, 1.82) is 0 Å². The molecule has 0 saturated carbocycles. The van der Waals surface area contributed by atoms with Gasteiger partial charge in [0.1, 0.15) is 0 Å². The largest absolute Gasteiger partial charge is 0.311 e. The van der Waals surface area contributed by atoms with E-state index in [1.165, 1.54) is 31.0 Å². The van der Waals surface area contributed by atoms with Crippen LogP contribution in [0.2, 0.25) is 0 Å². The van der Waals surface area contributed by atoms with Crippen LogP contribution in [-0.2, 0) is 0 Å². The topological polar surface area (TPSA) is 15.3 Å². The van der Waals surface area contributed by atoms with E-state index in [4.69, 9.17) is 0 Å². The maximum atomic E-state index is 3.53. The SMILES string of the molecule is CN(CCNC(C)(C)C)CC1CCSC1. The lowest BCUT2D eigenvalue weighted by Gasteiger charge is -2.24. The number of hydrogen-bond donors (Lipinski definition) is 1. The molecule has 2 nitrogen and oxygen atoms in total. The fourth-order valence-corrected chi connectivity index (χ4v) is 3.15. The molecule has 1 unspecified atom stereocenters. The van der Waals surface area contributed by atoms with Gasteiger partial charge in [-0.15, -0.1) is 0 Å². The Hall–Kier alpha value is 0.270. The maximum absolute atomic E-state index is 3.53. The smallest absolute Gasteiger partial charge is 0.0104 e. The maximum Gasteiger partial charge on any atom is 0.0104 e. The van der Waals surface area contributed by atoms with Gasteiger partial charge in [-0.1, -0.05) is 0 Å². The second-order valence-corrected chi connectivity index (χ2v) is 6.82. The van der Waals surface area contributed by atoms with Gasteiger partial charge in [0.25, 0.3) is 0 Å². The van der Waals surface area contributed by atoms with Crippen LogP contribution < -0.4 is 5.32 Å². The molecule has 1 atom stereocenters. The molecule has 0 amide bonds. The zero-order valence-corrected chi connectivity index (χ0v) is 11.5. The van der Waals surface area contributed by atoms with E-state index >= 15 is 0 Å². The molecular weight excluding hydrogens is 204 g/mol. The highest BCUT2D eigenvalue weighted by molar-refractivity contribution is 7.99. The number of thioether (sulfide) groups is 1. The summed E-state index contributed by atoms with van der Waals surface area (Å²) in [4.78, 5) is 2.47. The number of likely N-dealkylation sites (N-methyl/N-ethyl adjacent to an activating group) is 1. The molecule has 15 heavy (non-hydrogen) atoms. The summed E-state index contributed by atoms with van der Waals surface area (Å²) in [6, 6.07) is 0. The molecule has 0 aliphatic carbocycles. The van der Waals surface area contributed by atoms with Crippen LogP contribution in [0.4, 0.5) is 0 Å². The Morgan fingerprint density at radius 3 is 2.67 bits per heavy atom. The van der Waals surface area contributed by atoms with Gasteiger partial charge in [-0.25, -0.2) is 0 Å². The molecule has 1 rings (SSSR count). The van der Waals surface area contributed by atoms with Crippen molar-refractivity contribution in [3.63, 3.8) is 0 Å². The van der Waals surface area contributed by atoms with Gasteiger partial charge in [-0.3, -0.25) is 0 Å². The number of nitrogens with one attached hydrogen (secondary N) is 1. The van der Waals surface area contributed by atoms with Gasteiger partial charge < -0.3 is 10.2 Å². The highest BCUT2D eigenvalue weighted by Gasteiger charge is 2.17. The summed E-state index contributed by atoms with van der Waals surface area (Å²) in [6.07, 6.45) is 1.42. The summed E-state index contributed by atoms with van der Waals surface area (Å²) in [6.45, 7) is 10.2. The lowest BCUT2D eigenvalue weighted by atomic mass is 10.1. The van der Waals surface area contributed by atoms with E-state index in [9.17, 15) is 0 Å². The Bertz CT molecular complexity index is 171. The highest BCUT2D eigenvalue weighted by Crippen LogP contribution is 2.23. The molecule has 1 saturated heterocycles. The molecule has 1 aliphatic rings. The normalized spacial score (nSPS) is 22.6. The second-order valence-electron chi connectivity index (χ2n) is 5.67. The Balaban J connectivity index is 2.05. The van der Waals surface area contributed by atoms with Crippen LogP contribution in [0.15, 0.2) is 0 Å². The van der Waals surface area contributed by atoms with Gasteiger partial charge in [0, 0.05) is 25.2 Å². The van der Waals surface area contributed by atoms with Gasteiger partial charge in [-0.2, -0.15) is 11.8 Å². The van der Waals surface area contributed by atoms with Crippen LogP contribution in [0, 0.1) is 5.92 Å². The highest BCUT2D eigenvalue weighted by atomic mass is 32.2. The van der Waals surface area contributed by atoms with Crippen molar-refractivity contribution < 1.29 is 0 Å². The first-order valence-corrected chi connectivity index (χ1v) is 7.14. The van der Waals surface area contributed by atoms with E-state index in [1.807, 2.05) is 0 Å². The third kappa shape index (κ3) is 6.44. The van der Waals surface area contributed by atoms with E-state index in [2.05, 4.69) is 49.8 Å². The molecule has 0 aromatic heterocycles.